The normalized spacial score (nSPS) is 10.6. The largest absolute Gasteiger partial charge is 0.497 e. The van der Waals surface area contributed by atoms with Gasteiger partial charge < -0.3 is 23.7 Å². The third kappa shape index (κ3) is 6.98. The molecule has 0 saturated carbocycles. The Balaban J connectivity index is 1.49. The molecule has 0 saturated heterocycles. The van der Waals surface area contributed by atoms with Crippen LogP contribution in [0.15, 0.2) is 84.9 Å². The molecule has 0 aliphatic carbocycles. The highest BCUT2D eigenvalue weighted by Gasteiger charge is 2.15. The van der Waals surface area contributed by atoms with E-state index in [9.17, 15) is 0 Å². The first-order valence-corrected chi connectivity index (χ1v) is 12.4. The van der Waals surface area contributed by atoms with Crippen molar-refractivity contribution in [2.24, 2.45) is 0 Å². The van der Waals surface area contributed by atoms with Gasteiger partial charge >= 0.3 is 0 Å². The summed E-state index contributed by atoms with van der Waals surface area (Å²) in [7, 11) is 6.64. The number of hydrogen-bond acceptors (Lipinski definition) is 5. The minimum Gasteiger partial charge on any atom is -0.497 e. The quantitative estimate of drug-likeness (QED) is 0.209. The SMILES string of the molecule is COc1ccc(CCc2cccc(Oc3cc(CCc4cccc(OC)c4)cc(OC)c3OC)c2)cc1. The summed E-state index contributed by atoms with van der Waals surface area (Å²) >= 11 is 0. The second kappa shape index (κ2) is 12.7. The lowest BCUT2D eigenvalue weighted by molar-refractivity contribution is 0.335. The fourth-order valence-corrected chi connectivity index (χ4v) is 4.29. The summed E-state index contributed by atoms with van der Waals surface area (Å²) in [5, 5.41) is 0. The van der Waals surface area contributed by atoms with Crippen LogP contribution in [0.4, 0.5) is 0 Å². The highest BCUT2D eigenvalue weighted by molar-refractivity contribution is 5.55. The van der Waals surface area contributed by atoms with Crippen LogP contribution >= 0.6 is 0 Å². The van der Waals surface area contributed by atoms with E-state index in [1.165, 1.54) is 16.7 Å². The molecule has 0 aliphatic rings. The van der Waals surface area contributed by atoms with Crippen LogP contribution in [-0.2, 0) is 25.7 Å². The minimum atomic E-state index is 0.580. The summed E-state index contributed by atoms with van der Waals surface area (Å²) in [5.41, 5.74) is 4.78. The molecule has 0 heterocycles. The van der Waals surface area contributed by atoms with Gasteiger partial charge in [-0.05, 0) is 96.5 Å². The van der Waals surface area contributed by atoms with E-state index in [0.717, 1.165) is 48.5 Å². The molecular formula is C32H34O5. The molecule has 0 unspecified atom stereocenters. The monoisotopic (exact) mass is 498 g/mol. The Bertz CT molecular complexity index is 1300. The molecule has 4 rings (SSSR count). The van der Waals surface area contributed by atoms with Gasteiger partial charge in [-0.2, -0.15) is 0 Å². The molecule has 192 valence electrons. The summed E-state index contributed by atoms with van der Waals surface area (Å²) in [6.45, 7) is 0. The predicted octanol–water partition coefficient (Wildman–Crippen LogP) is 7.08. The molecule has 0 radical (unpaired) electrons. The van der Waals surface area contributed by atoms with Crippen LogP contribution in [0.2, 0.25) is 0 Å². The van der Waals surface area contributed by atoms with E-state index in [1.807, 2.05) is 48.5 Å². The molecule has 37 heavy (non-hydrogen) atoms. The summed E-state index contributed by atoms with van der Waals surface area (Å²) < 4.78 is 28.3. The molecule has 0 fully saturated rings. The number of benzene rings is 4. The van der Waals surface area contributed by atoms with E-state index in [1.54, 1.807) is 28.4 Å². The predicted molar refractivity (Wildman–Crippen MR) is 147 cm³/mol. The van der Waals surface area contributed by atoms with E-state index < -0.39 is 0 Å². The summed E-state index contributed by atoms with van der Waals surface area (Å²) in [4.78, 5) is 0. The van der Waals surface area contributed by atoms with Crippen molar-refractivity contribution < 1.29 is 23.7 Å². The Kier molecular flexibility index (Phi) is 8.93. The second-order valence-electron chi connectivity index (χ2n) is 8.78. The maximum atomic E-state index is 6.35. The molecule has 0 N–H and O–H groups in total. The van der Waals surface area contributed by atoms with Crippen LogP contribution < -0.4 is 23.7 Å². The third-order valence-electron chi connectivity index (χ3n) is 6.33. The second-order valence-corrected chi connectivity index (χ2v) is 8.78. The highest BCUT2D eigenvalue weighted by atomic mass is 16.5. The van der Waals surface area contributed by atoms with Crippen LogP contribution in [0.1, 0.15) is 22.3 Å². The van der Waals surface area contributed by atoms with E-state index in [-0.39, 0.29) is 0 Å². The lowest BCUT2D eigenvalue weighted by atomic mass is 10.0. The molecule has 4 aromatic carbocycles. The van der Waals surface area contributed by atoms with Gasteiger partial charge in [0.05, 0.1) is 28.4 Å². The molecule has 0 atom stereocenters. The van der Waals surface area contributed by atoms with E-state index in [0.29, 0.717) is 17.2 Å². The van der Waals surface area contributed by atoms with Gasteiger partial charge in [-0.1, -0.05) is 36.4 Å². The molecule has 0 aromatic heterocycles. The maximum absolute atomic E-state index is 6.35. The van der Waals surface area contributed by atoms with Gasteiger partial charge in [-0.15, -0.1) is 0 Å². The fourth-order valence-electron chi connectivity index (χ4n) is 4.29. The van der Waals surface area contributed by atoms with E-state index in [4.69, 9.17) is 23.7 Å². The third-order valence-corrected chi connectivity index (χ3v) is 6.33. The van der Waals surface area contributed by atoms with Gasteiger partial charge in [0.1, 0.15) is 17.2 Å². The summed E-state index contributed by atoms with van der Waals surface area (Å²) in [5.74, 6) is 4.36. The highest BCUT2D eigenvalue weighted by Crippen LogP contribution is 2.41. The first kappa shape index (κ1) is 26.0. The van der Waals surface area contributed by atoms with Crippen molar-refractivity contribution in [3.8, 4) is 34.5 Å². The number of hydrogen-bond donors (Lipinski definition) is 0. The van der Waals surface area contributed by atoms with Crippen molar-refractivity contribution in [3.63, 3.8) is 0 Å². The number of rotatable bonds is 12. The van der Waals surface area contributed by atoms with Gasteiger partial charge in [-0.3, -0.25) is 0 Å². The number of ether oxygens (including phenoxy) is 5. The van der Waals surface area contributed by atoms with Gasteiger partial charge in [0.2, 0.25) is 5.75 Å². The minimum absolute atomic E-state index is 0.580. The molecule has 0 amide bonds. The number of aryl methyl sites for hydroxylation is 4. The maximum Gasteiger partial charge on any atom is 0.203 e. The Labute approximate surface area is 219 Å². The topological polar surface area (TPSA) is 46.2 Å². The van der Waals surface area contributed by atoms with Gasteiger partial charge in [0.25, 0.3) is 0 Å². The first-order valence-electron chi connectivity index (χ1n) is 12.4. The lowest BCUT2D eigenvalue weighted by Crippen LogP contribution is -1.99. The van der Waals surface area contributed by atoms with Gasteiger partial charge in [0, 0.05) is 0 Å². The van der Waals surface area contributed by atoms with Crippen molar-refractivity contribution >= 4 is 0 Å². The molecule has 5 nitrogen and oxygen atoms in total. The van der Waals surface area contributed by atoms with Gasteiger partial charge in [-0.25, -0.2) is 0 Å². The van der Waals surface area contributed by atoms with Crippen LogP contribution in [0.3, 0.4) is 0 Å². The van der Waals surface area contributed by atoms with Crippen molar-refractivity contribution in [1.82, 2.24) is 0 Å². The van der Waals surface area contributed by atoms with Crippen LogP contribution in [0.5, 0.6) is 34.5 Å². The summed E-state index contributed by atoms with van der Waals surface area (Å²) in [6.07, 6.45) is 3.54. The Hall–Kier alpha value is -4.12. The average molecular weight is 499 g/mol. The van der Waals surface area contributed by atoms with Crippen molar-refractivity contribution in [1.29, 1.82) is 0 Å². The van der Waals surface area contributed by atoms with E-state index >= 15 is 0 Å². The molecule has 0 bridgehead atoms. The fraction of sp³-hybridized carbons (Fsp3) is 0.250. The van der Waals surface area contributed by atoms with Crippen molar-refractivity contribution in [2.75, 3.05) is 28.4 Å². The average Bonchev–Trinajstić information content (AvgIpc) is 2.95. The standard InChI is InChI=1S/C32H34O5/c1-33-27-17-15-23(16-18-27)11-12-25-8-6-10-29(20-25)37-31-22-26(21-30(35-3)32(31)36-4)14-13-24-7-5-9-28(19-24)34-2/h5-10,15-22H,11-14H2,1-4H3. The molecule has 0 spiro atoms. The van der Waals surface area contributed by atoms with Gasteiger partial charge in [0.15, 0.2) is 11.5 Å². The van der Waals surface area contributed by atoms with Crippen LogP contribution in [-0.4, -0.2) is 28.4 Å². The van der Waals surface area contributed by atoms with Crippen molar-refractivity contribution in [3.05, 3.63) is 107 Å². The summed E-state index contributed by atoms with van der Waals surface area (Å²) in [6, 6.07) is 28.6. The zero-order chi connectivity index (χ0) is 26.0. The lowest BCUT2D eigenvalue weighted by Gasteiger charge is -2.16. The Morgan fingerprint density at radius 1 is 0.432 bits per heavy atom. The Morgan fingerprint density at radius 3 is 1.62 bits per heavy atom. The first-order chi connectivity index (χ1) is 18.1. The van der Waals surface area contributed by atoms with Crippen LogP contribution in [0, 0.1) is 0 Å². The zero-order valence-corrected chi connectivity index (χ0v) is 22.0. The zero-order valence-electron chi connectivity index (χ0n) is 22.0. The number of methoxy groups -OCH3 is 4. The molecule has 0 aliphatic heterocycles. The Morgan fingerprint density at radius 2 is 1.00 bits per heavy atom. The molecule has 4 aromatic rings. The van der Waals surface area contributed by atoms with E-state index in [2.05, 4.69) is 36.4 Å². The molecular weight excluding hydrogens is 464 g/mol. The van der Waals surface area contributed by atoms with Crippen LogP contribution in [0.25, 0.3) is 0 Å². The van der Waals surface area contributed by atoms with Crippen molar-refractivity contribution in [2.45, 2.75) is 25.7 Å². The molecule has 5 heteroatoms. The smallest absolute Gasteiger partial charge is 0.203 e.